The molecule has 2 aromatic rings. The topological polar surface area (TPSA) is 12.0 Å². The first-order chi connectivity index (χ1) is 9.75. The molecule has 0 heterocycles. The fourth-order valence-electron chi connectivity index (χ4n) is 2.36. The summed E-state index contributed by atoms with van der Waals surface area (Å²) < 4.78 is 38.2. The molecule has 2 rings (SSSR count). The fraction of sp³-hybridized carbons (Fsp3) is 0.294. The Morgan fingerprint density at radius 2 is 1.52 bits per heavy atom. The lowest BCUT2D eigenvalue weighted by molar-refractivity contribution is -0.137. The third-order valence-electron chi connectivity index (χ3n) is 3.33. The summed E-state index contributed by atoms with van der Waals surface area (Å²) in [5.41, 5.74) is 4.04. The average molecular weight is 293 g/mol. The second kappa shape index (κ2) is 5.80. The Balaban J connectivity index is 2.19. The van der Waals surface area contributed by atoms with E-state index in [2.05, 4.69) is 11.4 Å². The first kappa shape index (κ1) is 15.4. The summed E-state index contributed by atoms with van der Waals surface area (Å²) in [7, 11) is 0. The highest BCUT2D eigenvalue weighted by Gasteiger charge is 2.30. The first-order valence-corrected chi connectivity index (χ1v) is 6.74. The molecule has 0 saturated heterocycles. The van der Waals surface area contributed by atoms with Crippen molar-refractivity contribution >= 4 is 5.69 Å². The van der Waals surface area contributed by atoms with Crippen molar-refractivity contribution in [1.82, 2.24) is 0 Å². The van der Waals surface area contributed by atoms with Gasteiger partial charge in [0, 0.05) is 12.2 Å². The standard InChI is InChI=1S/C17H18F3N/c1-11-6-12(2)8-14(7-11)10-21-16-9-15(17(18,19)20)5-4-13(16)3/h4-9,21H,10H2,1-3H3. The summed E-state index contributed by atoms with van der Waals surface area (Å²) in [6, 6.07) is 9.90. The molecule has 0 atom stereocenters. The molecular weight excluding hydrogens is 275 g/mol. The molecule has 0 fully saturated rings. The van der Waals surface area contributed by atoms with E-state index in [1.165, 1.54) is 6.07 Å². The zero-order valence-corrected chi connectivity index (χ0v) is 12.3. The summed E-state index contributed by atoms with van der Waals surface area (Å²) >= 11 is 0. The maximum absolute atomic E-state index is 12.7. The Bertz CT molecular complexity index is 625. The van der Waals surface area contributed by atoms with Gasteiger partial charge in [-0.15, -0.1) is 0 Å². The van der Waals surface area contributed by atoms with E-state index in [9.17, 15) is 13.2 Å². The largest absolute Gasteiger partial charge is 0.416 e. The Labute approximate surface area is 122 Å². The molecule has 0 aliphatic carbocycles. The van der Waals surface area contributed by atoms with Crippen molar-refractivity contribution in [2.75, 3.05) is 5.32 Å². The second-order valence-corrected chi connectivity index (χ2v) is 5.38. The highest BCUT2D eigenvalue weighted by atomic mass is 19.4. The van der Waals surface area contributed by atoms with Gasteiger partial charge in [-0.2, -0.15) is 13.2 Å². The maximum atomic E-state index is 12.7. The van der Waals surface area contributed by atoms with E-state index in [4.69, 9.17) is 0 Å². The van der Waals surface area contributed by atoms with Gasteiger partial charge in [0.2, 0.25) is 0 Å². The van der Waals surface area contributed by atoms with E-state index < -0.39 is 11.7 Å². The van der Waals surface area contributed by atoms with Crippen molar-refractivity contribution < 1.29 is 13.2 Å². The molecule has 112 valence electrons. The lowest BCUT2D eigenvalue weighted by Gasteiger charge is -2.14. The summed E-state index contributed by atoms with van der Waals surface area (Å²) in [6.45, 7) is 6.31. The van der Waals surface area contributed by atoms with E-state index >= 15 is 0 Å². The van der Waals surface area contributed by atoms with Gasteiger partial charge in [0.25, 0.3) is 0 Å². The molecule has 0 aromatic heterocycles. The Kier molecular flexibility index (Phi) is 4.26. The van der Waals surface area contributed by atoms with Gasteiger partial charge in [0.05, 0.1) is 5.56 Å². The second-order valence-electron chi connectivity index (χ2n) is 5.38. The van der Waals surface area contributed by atoms with Gasteiger partial charge in [-0.05, 0) is 44.0 Å². The number of hydrogen-bond donors (Lipinski definition) is 1. The third-order valence-corrected chi connectivity index (χ3v) is 3.33. The number of benzene rings is 2. The zero-order chi connectivity index (χ0) is 15.6. The number of halogens is 3. The van der Waals surface area contributed by atoms with Crippen molar-refractivity contribution in [3.8, 4) is 0 Å². The van der Waals surface area contributed by atoms with Crippen molar-refractivity contribution in [2.45, 2.75) is 33.5 Å². The van der Waals surface area contributed by atoms with Crippen LogP contribution in [0.5, 0.6) is 0 Å². The molecule has 0 bridgehead atoms. The monoisotopic (exact) mass is 293 g/mol. The van der Waals surface area contributed by atoms with E-state index in [0.717, 1.165) is 34.4 Å². The van der Waals surface area contributed by atoms with Gasteiger partial charge >= 0.3 is 6.18 Å². The number of hydrogen-bond acceptors (Lipinski definition) is 1. The Morgan fingerprint density at radius 1 is 0.905 bits per heavy atom. The minimum atomic E-state index is -4.32. The third kappa shape index (κ3) is 4.00. The van der Waals surface area contributed by atoms with Crippen LogP contribution in [0.3, 0.4) is 0 Å². The maximum Gasteiger partial charge on any atom is 0.416 e. The average Bonchev–Trinajstić information content (AvgIpc) is 2.35. The molecule has 2 aromatic carbocycles. The SMILES string of the molecule is Cc1cc(C)cc(CNc2cc(C(F)(F)F)ccc2C)c1. The number of aryl methyl sites for hydroxylation is 3. The van der Waals surface area contributed by atoms with E-state index in [0.29, 0.717) is 12.2 Å². The predicted octanol–water partition coefficient (Wildman–Crippen LogP) is 5.24. The number of anilines is 1. The number of alkyl halides is 3. The molecule has 0 amide bonds. The van der Waals surface area contributed by atoms with Crippen LogP contribution in [0, 0.1) is 20.8 Å². The van der Waals surface area contributed by atoms with Crippen LogP contribution in [0.25, 0.3) is 0 Å². The van der Waals surface area contributed by atoms with Gasteiger partial charge in [0.1, 0.15) is 0 Å². The van der Waals surface area contributed by atoms with Crippen LogP contribution in [0.2, 0.25) is 0 Å². The predicted molar refractivity (Wildman–Crippen MR) is 79.4 cm³/mol. The lowest BCUT2D eigenvalue weighted by Crippen LogP contribution is -2.07. The zero-order valence-electron chi connectivity index (χ0n) is 12.3. The minimum Gasteiger partial charge on any atom is -0.381 e. The molecule has 4 heteroatoms. The lowest BCUT2D eigenvalue weighted by atomic mass is 10.1. The van der Waals surface area contributed by atoms with Gasteiger partial charge in [-0.1, -0.05) is 35.4 Å². The Hall–Kier alpha value is -1.97. The van der Waals surface area contributed by atoms with Gasteiger partial charge in [-0.3, -0.25) is 0 Å². The summed E-state index contributed by atoms with van der Waals surface area (Å²) in [6.07, 6.45) is -4.32. The van der Waals surface area contributed by atoms with Crippen molar-refractivity contribution in [3.05, 3.63) is 64.2 Å². The molecule has 0 unspecified atom stereocenters. The van der Waals surface area contributed by atoms with Crippen LogP contribution in [0.15, 0.2) is 36.4 Å². The fourth-order valence-corrected chi connectivity index (χ4v) is 2.36. The molecule has 0 aliphatic heterocycles. The molecule has 1 nitrogen and oxygen atoms in total. The van der Waals surface area contributed by atoms with E-state index in [-0.39, 0.29) is 0 Å². The minimum absolute atomic E-state index is 0.505. The summed E-state index contributed by atoms with van der Waals surface area (Å²) in [5, 5.41) is 3.10. The van der Waals surface area contributed by atoms with Crippen molar-refractivity contribution in [2.24, 2.45) is 0 Å². The quantitative estimate of drug-likeness (QED) is 0.815. The van der Waals surface area contributed by atoms with E-state index in [1.807, 2.05) is 26.0 Å². The first-order valence-electron chi connectivity index (χ1n) is 6.74. The van der Waals surface area contributed by atoms with Crippen molar-refractivity contribution in [1.29, 1.82) is 0 Å². The Morgan fingerprint density at radius 3 is 2.10 bits per heavy atom. The highest BCUT2D eigenvalue weighted by Crippen LogP contribution is 2.32. The number of nitrogens with one attached hydrogen (secondary N) is 1. The molecule has 0 saturated carbocycles. The van der Waals surface area contributed by atoms with Crippen LogP contribution < -0.4 is 5.32 Å². The van der Waals surface area contributed by atoms with Crippen LogP contribution >= 0.6 is 0 Å². The van der Waals surface area contributed by atoms with Crippen LogP contribution in [0.4, 0.5) is 18.9 Å². The van der Waals surface area contributed by atoms with Crippen LogP contribution in [-0.2, 0) is 12.7 Å². The highest BCUT2D eigenvalue weighted by molar-refractivity contribution is 5.53. The van der Waals surface area contributed by atoms with Crippen LogP contribution in [0.1, 0.15) is 27.8 Å². The van der Waals surface area contributed by atoms with Gasteiger partial charge in [-0.25, -0.2) is 0 Å². The molecule has 0 spiro atoms. The molecule has 21 heavy (non-hydrogen) atoms. The summed E-state index contributed by atoms with van der Waals surface area (Å²) in [5.74, 6) is 0. The normalized spacial score (nSPS) is 11.5. The van der Waals surface area contributed by atoms with Crippen LogP contribution in [-0.4, -0.2) is 0 Å². The molecule has 0 radical (unpaired) electrons. The van der Waals surface area contributed by atoms with Gasteiger partial charge < -0.3 is 5.32 Å². The van der Waals surface area contributed by atoms with E-state index in [1.54, 1.807) is 6.92 Å². The van der Waals surface area contributed by atoms with Gasteiger partial charge in [0.15, 0.2) is 0 Å². The smallest absolute Gasteiger partial charge is 0.381 e. The molecule has 1 N–H and O–H groups in total. The molecule has 0 aliphatic rings. The van der Waals surface area contributed by atoms with Crippen molar-refractivity contribution in [3.63, 3.8) is 0 Å². The number of rotatable bonds is 3. The molecular formula is C17H18F3N. The summed E-state index contributed by atoms with van der Waals surface area (Å²) in [4.78, 5) is 0.